The molecule has 0 aromatic carbocycles. The number of carbonyl (C=O) groups is 1. The van der Waals surface area contributed by atoms with Gasteiger partial charge < -0.3 is 14.6 Å². The zero-order valence-electron chi connectivity index (χ0n) is 10.2. The molecule has 1 rings (SSSR count). The first-order chi connectivity index (χ1) is 8.10. The maximum absolute atomic E-state index is 11.0. The van der Waals surface area contributed by atoms with E-state index in [4.69, 9.17) is 14.6 Å². The number of carboxylic acids is 1. The average Bonchev–Trinajstić information content (AvgIpc) is 2.69. The Kier molecular flexibility index (Phi) is 5.05. The van der Waals surface area contributed by atoms with E-state index < -0.39 is 5.97 Å². The molecule has 0 amide bonds. The summed E-state index contributed by atoms with van der Waals surface area (Å²) < 4.78 is 11.6. The molecule has 17 heavy (non-hydrogen) atoms. The summed E-state index contributed by atoms with van der Waals surface area (Å²) in [5.74, 6) is -1.08. The maximum atomic E-state index is 11.0. The van der Waals surface area contributed by atoms with Crippen molar-refractivity contribution >= 4 is 5.97 Å². The number of methoxy groups -OCH3 is 2. The Morgan fingerprint density at radius 1 is 1.53 bits per heavy atom. The van der Waals surface area contributed by atoms with Crippen LogP contribution in [0.5, 0.6) is 0 Å². The summed E-state index contributed by atoms with van der Waals surface area (Å²) in [5, 5.41) is 16.5. The SMILES string of the molecule is COCCc1c(C(=O)O)nnn1CC(C)OC. The molecule has 0 aliphatic rings. The average molecular weight is 243 g/mol. The van der Waals surface area contributed by atoms with E-state index in [1.807, 2.05) is 6.92 Å². The molecule has 1 aromatic rings. The molecular weight excluding hydrogens is 226 g/mol. The lowest BCUT2D eigenvalue weighted by atomic mass is 10.2. The van der Waals surface area contributed by atoms with Crippen LogP contribution in [0.2, 0.25) is 0 Å². The first-order valence-corrected chi connectivity index (χ1v) is 5.27. The zero-order valence-corrected chi connectivity index (χ0v) is 10.2. The summed E-state index contributed by atoms with van der Waals surface area (Å²) in [7, 11) is 3.15. The van der Waals surface area contributed by atoms with Gasteiger partial charge in [0.05, 0.1) is 24.9 Å². The van der Waals surface area contributed by atoms with Gasteiger partial charge in [-0.15, -0.1) is 5.10 Å². The van der Waals surface area contributed by atoms with Gasteiger partial charge in [-0.1, -0.05) is 5.21 Å². The number of aromatic nitrogens is 3. The van der Waals surface area contributed by atoms with Crippen molar-refractivity contribution in [3.8, 4) is 0 Å². The lowest BCUT2D eigenvalue weighted by Crippen LogP contribution is -2.19. The van der Waals surface area contributed by atoms with Crippen LogP contribution in [0, 0.1) is 0 Å². The fourth-order valence-electron chi connectivity index (χ4n) is 1.41. The monoisotopic (exact) mass is 243 g/mol. The van der Waals surface area contributed by atoms with E-state index in [9.17, 15) is 4.79 Å². The molecule has 0 spiro atoms. The molecule has 7 heteroatoms. The molecule has 0 aliphatic carbocycles. The van der Waals surface area contributed by atoms with Crippen LogP contribution >= 0.6 is 0 Å². The van der Waals surface area contributed by atoms with Crippen molar-refractivity contribution in [3.05, 3.63) is 11.4 Å². The van der Waals surface area contributed by atoms with Gasteiger partial charge in [-0.05, 0) is 6.92 Å². The van der Waals surface area contributed by atoms with Gasteiger partial charge in [-0.2, -0.15) is 0 Å². The second-order valence-corrected chi connectivity index (χ2v) is 3.66. The Bertz CT molecular complexity index is 378. The van der Waals surface area contributed by atoms with Crippen molar-refractivity contribution < 1.29 is 19.4 Å². The highest BCUT2D eigenvalue weighted by Crippen LogP contribution is 2.08. The van der Waals surface area contributed by atoms with Crippen LogP contribution in [0.1, 0.15) is 23.1 Å². The minimum atomic E-state index is -1.08. The van der Waals surface area contributed by atoms with Gasteiger partial charge in [0, 0.05) is 20.6 Å². The van der Waals surface area contributed by atoms with Gasteiger partial charge in [-0.3, -0.25) is 0 Å². The number of aromatic carboxylic acids is 1. The summed E-state index contributed by atoms with van der Waals surface area (Å²) >= 11 is 0. The second-order valence-electron chi connectivity index (χ2n) is 3.66. The number of carboxylic acid groups (broad SMARTS) is 1. The number of ether oxygens (including phenoxy) is 2. The third-order valence-corrected chi connectivity index (χ3v) is 2.42. The smallest absolute Gasteiger partial charge is 0.358 e. The molecule has 0 fully saturated rings. The van der Waals surface area contributed by atoms with Gasteiger partial charge in [0.2, 0.25) is 0 Å². The van der Waals surface area contributed by atoms with Crippen LogP contribution in [0.15, 0.2) is 0 Å². The number of nitrogens with zero attached hydrogens (tertiary/aromatic N) is 3. The summed E-state index contributed by atoms with van der Waals surface area (Å²) in [5.41, 5.74) is 0.536. The molecule has 1 N–H and O–H groups in total. The molecule has 0 radical (unpaired) electrons. The minimum Gasteiger partial charge on any atom is -0.476 e. The van der Waals surface area contributed by atoms with E-state index in [1.165, 1.54) is 0 Å². The van der Waals surface area contributed by atoms with Crippen molar-refractivity contribution in [2.75, 3.05) is 20.8 Å². The van der Waals surface area contributed by atoms with Crippen molar-refractivity contribution in [1.29, 1.82) is 0 Å². The Morgan fingerprint density at radius 2 is 2.24 bits per heavy atom. The highest BCUT2D eigenvalue weighted by molar-refractivity contribution is 5.86. The Labute approximate surface area is 99.3 Å². The molecule has 0 aliphatic heterocycles. The number of rotatable bonds is 7. The van der Waals surface area contributed by atoms with Crippen molar-refractivity contribution in [1.82, 2.24) is 15.0 Å². The topological polar surface area (TPSA) is 86.5 Å². The lowest BCUT2D eigenvalue weighted by Gasteiger charge is -2.11. The van der Waals surface area contributed by atoms with Crippen LogP contribution in [-0.2, 0) is 22.4 Å². The standard InChI is InChI=1S/C10H17N3O4/c1-7(17-3)6-13-8(4-5-16-2)9(10(14)15)11-12-13/h7H,4-6H2,1-3H3,(H,14,15). The van der Waals surface area contributed by atoms with Crippen molar-refractivity contribution in [3.63, 3.8) is 0 Å². The molecule has 7 nitrogen and oxygen atoms in total. The molecule has 0 saturated carbocycles. The third kappa shape index (κ3) is 3.50. The number of hydrogen-bond acceptors (Lipinski definition) is 5. The maximum Gasteiger partial charge on any atom is 0.358 e. The largest absolute Gasteiger partial charge is 0.476 e. The van der Waals surface area contributed by atoms with Gasteiger partial charge in [0.1, 0.15) is 0 Å². The predicted molar refractivity (Wildman–Crippen MR) is 59.0 cm³/mol. The third-order valence-electron chi connectivity index (χ3n) is 2.42. The Balaban J connectivity index is 2.91. The molecule has 96 valence electrons. The second kappa shape index (κ2) is 6.31. The highest BCUT2D eigenvalue weighted by atomic mass is 16.5. The molecular formula is C10H17N3O4. The van der Waals surface area contributed by atoms with E-state index in [1.54, 1.807) is 18.9 Å². The lowest BCUT2D eigenvalue weighted by molar-refractivity contribution is 0.0687. The predicted octanol–water partition coefficient (Wildman–Crippen LogP) is 0.200. The van der Waals surface area contributed by atoms with Crippen LogP contribution < -0.4 is 0 Å². The molecule has 1 aromatic heterocycles. The van der Waals surface area contributed by atoms with Crippen molar-refractivity contribution in [2.45, 2.75) is 26.0 Å². The Hall–Kier alpha value is -1.47. The van der Waals surface area contributed by atoms with E-state index in [0.717, 1.165) is 0 Å². The number of hydrogen-bond donors (Lipinski definition) is 1. The van der Waals surface area contributed by atoms with E-state index in [2.05, 4.69) is 10.3 Å². The first-order valence-electron chi connectivity index (χ1n) is 5.27. The fraction of sp³-hybridized carbons (Fsp3) is 0.700. The van der Waals surface area contributed by atoms with Gasteiger partial charge in [-0.25, -0.2) is 9.48 Å². The normalized spacial score (nSPS) is 12.6. The minimum absolute atomic E-state index is 0.0228. The van der Waals surface area contributed by atoms with Gasteiger partial charge in [0.15, 0.2) is 5.69 Å². The van der Waals surface area contributed by atoms with Gasteiger partial charge >= 0.3 is 5.97 Å². The summed E-state index contributed by atoms with van der Waals surface area (Å²) in [4.78, 5) is 11.0. The summed E-state index contributed by atoms with van der Waals surface area (Å²) in [6.07, 6.45) is 0.404. The van der Waals surface area contributed by atoms with E-state index in [-0.39, 0.29) is 11.8 Å². The zero-order chi connectivity index (χ0) is 12.8. The quantitative estimate of drug-likeness (QED) is 0.736. The summed E-state index contributed by atoms with van der Waals surface area (Å²) in [6, 6.07) is 0. The highest BCUT2D eigenvalue weighted by Gasteiger charge is 2.19. The van der Waals surface area contributed by atoms with Crippen LogP contribution in [-0.4, -0.2) is 53.0 Å². The van der Waals surface area contributed by atoms with E-state index in [0.29, 0.717) is 25.3 Å². The van der Waals surface area contributed by atoms with Crippen LogP contribution in [0.4, 0.5) is 0 Å². The molecule has 1 unspecified atom stereocenters. The van der Waals surface area contributed by atoms with Crippen LogP contribution in [0.25, 0.3) is 0 Å². The fourth-order valence-corrected chi connectivity index (χ4v) is 1.41. The Morgan fingerprint density at radius 3 is 2.76 bits per heavy atom. The summed E-state index contributed by atoms with van der Waals surface area (Å²) in [6.45, 7) is 2.77. The van der Waals surface area contributed by atoms with Crippen LogP contribution in [0.3, 0.4) is 0 Å². The molecule has 1 atom stereocenters. The molecule has 0 saturated heterocycles. The first kappa shape index (κ1) is 13.6. The van der Waals surface area contributed by atoms with Crippen molar-refractivity contribution in [2.24, 2.45) is 0 Å². The molecule has 0 bridgehead atoms. The van der Waals surface area contributed by atoms with Gasteiger partial charge in [0.25, 0.3) is 0 Å². The van der Waals surface area contributed by atoms with E-state index >= 15 is 0 Å². The molecule has 1 heterocycles.